The molecule has 1 aromatic rings. The summed E-state index contributed by atoms with van der Waals surface area (Å²) < 4.78 is 4.67. The number of nitrogens with two attached hydrogens (primary N) is 1. The van der Waals surface area contributed by atoms with Gasteiger partial charge in [-0.1, -0.05) is 18.2 Å². The van der Waals surface area contributed by atoms with Crippen LogP contribution in [0.15, 0.2) is 30.3 Å². The fourth-order valence-corrected chi connectivity index (χ4v) is 3.58. The van der Waals surface area contributed by atoms with E-state index in [1.54, 1.807) is 0 Å². The smallest absolute Gasteiger partial charge is 0.330 e. The topological polar surface area (TPSA) is 46.1 Å². The van der Waals surface area contributed by atoms with Gasteiger partial charge in [-0.3, -0.25) is 0 Å². The first kappa shape index (κ1) is 14.1. The Morgan fingerprint density at radius 3 is 3.00 bits per heavy atom. The highest BCUT2D eigenvalue weighted by molar-refractivity contribution is 5.88. The summed E-state index contributed by atoms with van der Waals surface area (Å²) in [6.07, 6.45) is 7.25. The predicted molar refractivity (Wildman–Crippen MR) is 83.1 cm³/mol. The maximum absolute atomic E-state index is 11.3. The largest absolute Gasteiger partial charge is 0.466 e. The molecule has 0 bridgehead atoms. The Morgan fingerprint density at radius 1 is 1.38 bits per heavy atom. The molecule has 3 rings (SSSR count). The van der Waals surface area contributed by atoms with Crippen molar-refractivity contribution >= 4 is 17.7 Å². The van der Waals surface area contributed by atoms with E-state index in [4.69, 9.17) is 0 Å². The second kappa shape index (κ2) is 5.90. The first-order chi connectivity index (χ1) is 10.2. The van der Waals surface area contributed by atoms with E-state index >= 15 is 0 Å². The number of para-hydroxylation sites is 1. The lowest BCUT2D eigenvalue weighted by molar-refractivity contribution is -0.703. The zero-order valence-electron chi connectivity index (χ0n) is 12.5. The van der Waals surface area contributed by atoms with Crippen molar-refractivity contribution in [2.75, 3.05) is 31.6 Å². The van der Waals surface area contributed by atoms with Gasteiger partial charge in [0.2, 0.25) is 0 Å². The van der Waals surface area contributed by atoms with E-state index in [-0.39, 0.29) is 5.97 Å². The third-order valence-electron chi connectivity index (χ3n) is 4.72. The number of quaternary nitrogens is 1. The van der Waals surface area contributed by atoms with Crippen LogP contribution in [0.2, 0.25) is 0 Å². The fourth-order valence-electron chi connectivity index (χ4n) is 3.58. The van der Waals surface area contributed by atoms with Crippen LogP contribution in [0.1, 0.15) is 24.8 Å². The summed E-state index contributed by atoms with van der Waals surface area (Å²) in [5.74, 6) is -0.313. The Kier molecular flexibility index (Phi) is 3.97. The second-order valence-corrected chi connectivity index (χ2v) is 6.05. The number of benzene rings is 1. The van der Waals surface area contributed by atoms with Crippen LogP contribution in [0.5, 0.6) is 0 Å². The van der Waals surface area contributed by atoms with Crippen LogP contribution in [0.4, 0.5) is 5.69 Å². The second-order valence-electron chi connectivity index (χ2n) is 6.05. The van der Waals surface area contributed by atoms with E-state index in [0.717, 1.165) is 18.7 Å². The SMILES string of the molecule is COC(=O)/C=C/c1ccccc1N1CCC2(CCC[NH2+]2)C1. The van der Waals surface area contributed by atoms with Crippen molar-refractivity contribution in [3.05, 3.63) is 35.9 Å². The van der Waals surface area contributed by atoms with E-state index in [1.165, 1.54) is 44.7 Å². The van der Waals surface area contributed by atoms with Gasteiger partial charge in [0.25, 0.3) is 0 Å². The van der Waals surface area contributed by atoms with Crippen molar-refractivity contribution < 1.29 is 14.8 Å². The Morgan fingerprint density at radius 2 is 2.24 bits per heavy atom. The van der Waals surface area contributed by atoms with Crippen molar-refractivity contribution in [2.45, 2.75) is 24.8 Å². The highest BCUT2D eigenvalue weighted by atomic mass is 16.5. The summed E-state index contributed by atoms with van der Waals surface area (Å²) in [7, 11) is 1.40. The average Bonchev–Trinajstić information content (AvgIpc) is 3.15. The van der Waals surface area contributed by atoms with Gasteiger partial charge in [0.05, 0.1) is 20.2 Å². The number of carbonyl (C=O) groups is 1. The maximum Gasteiger partial charge on any atom is 0.330 e. The van der Waals surface area contributed by atoms with Crippen LogP contribution < -0.4 is 10.2 Å². The van der Waals surface area contributed by atoms with Gasteiger partial charge in [0, 0.05) is 37.6 Å². The molecule has 2 aliphatic heterocycles. The van der Waals surface area contributed by atoms with Crippen LogP contribution in [0, 0.1) is 0 Å². The molecule has 1 atom stereocenters. The molecule has 0 radical (unpaired) electrons. The molecule has 1 aromatic carbocycles. The molecule has 4 nitrogen and oxygen atoms in total. The van der Waals surface area contributed by atoms with Gasteiger partial charge in [0.1, 0.15) is 5.54 Å². The number of hydrogen-bond acceptors (Lipinski definition) is 3. The van der Waals surface area contributed by atoms with E-state index < -0.39 is 0 Å². The van der Waals surface area contributed by atoms with Crippen molar-refractivity contribution in [1.82, 2.24) is 0 Å². The summed E-state index contributed by atoms with van der Waals surface area (Å²) in [5, 5.41) is 2.53. The van der Waals surface area contributed by atoms with Crippen LogP contribution in [0.25, 0.3) is 6.08 Å². The van der Waals surface area contributed by atoms with E-state index in [0.29, 0.717) is 5.54 Å². The summed E-state index contributed by atoms with van der Waals surface area (Å²) in [6.45, 7) is 3.47. The highest BCUT2D eigenvalue weighted by Gasteiger charge is 2.44. The number of methoxy groups -OCH3 is 1. The number of esters is 1. The minimum atomic E-state index is -0.313. The lowest BCUT2D eigenvalue weighted by Crippen LogP contribution is -2.94. The summed E-state index contributed by atoms with van der Waals surface area (Å²) in [4.78, 5) is 13.8. The van der Waals surface area contributed by atoms with Gasteiger partial charge >= 0.3 is 5.97 Å². The number of anilines is 1. The molecule has 1 unspecified atom stereocenters. The molecule has 2 saturated heterocycles. The Bertz CT molecular complexity index is 547. The summed E-state index contributed by atoms with van der Waals surface area (Å²) in [6, 6.07) is 8.27. The molecule has 0 aromatic heterocycles. The fraction of sp³-hybridized carbons (Fsp3) is 0.471. The van der Waals surface area contributed by atoms with Gasteiger partial charge in [-0.25, -0.2) is 4.79 Å². The van der Waals surface area contributed by atoms with E-state index in [9.17, 15) is 4.79 Å². The van der Waals surface area contributed by atoms with Crippen molar-refractivity contribution in [1.29, 1.82) is 0 Å². The lowest BCUT2D eigenvalue weighted by Gasteiger charge is -2.23. The lowest BCUT2D eigenvalue weighted by atomic mass is 9.97. The molecule has 0 amide bonds. The number of rotatable bonds is 3. The normalized spacial score (nSPS) is 25.1. The monoisotopic (exact) mass is 287 g/mol. The highest BCUT2D eigenvalue weighted by Crippen LogP contribution is 2.31. The van der Waals surface area contributed by atoms with Crippen molar-refractivity contribution in [3.8, 4) is 0 Å². The van der Waals surface area contributed by atoms with Crippen LogP contribution in [0.3, 0.4) is 0 Å². The average molecular weight is 287 g/mol. The van der Waals surface area contributed by atoms with Gasteiger partial charge in [-0.2, -0.15) is 0 Å². The zero-order chi connectivity index (χ0) is 14.7. The molecule has 21 heavy (non-hydrogen) atoms. The zero-order valence-corrected chi connectivity index (χ0v) is 12.5. The standard InChI is InChI=1S/C17H22N2O2/c1-21-16(20)8-7-14-5-2-3-6-15(14)19-12-10-17(13-19)9-4-11-18-17/h2-3,5-8,18H,4,9-13H2,1H3/p+1/b8-7+. The quantitative estimate of drug-likeness (QED) is 0.671. The van der Waals surface area contributed by atoms with E-state index in [1.807, 2.05) is 12.1 Å². The minimum Gasteiger partial charge on any atom is -0.466 e. The number of carbonyl (C=O) groups excluding carboxylic acids is 1. The molecule has 0 saturated carbocycles. The molecule has 2 N–H and O–H groups in total. The van der Waals surface area contributed by atoms with Crippen LogP contribution in [-0.2, 0) is 9.53 Å². The third-order valence-corrected chi connectivity index (χ3v) is 4.72. The molecule has 2 fully saturated rings. The number of hydrogen-bond donors (Lipinski definition) is 1. The molecule has 112 valence electrons. The molecule has 2 heterocycles. The molecule has 0 aliphatic carbocycles. The molecule has 2 aliphatic rings. The van der Waals surface area contributed by atoms with Crippen LogP contribution in [-0.4, -0.2) is 38.3 Å². The van der Waals surface area contributed by atoms with Gasteiger partial charge in [-0.05, 0) is 17.7 Å². The Balaban J connectivity index is 1.79. The molecular weight excluding hydrogens is 264 g/mol. The Labute approximate surface area is 125 Å². The van der Waals surface area contributed by atoms with Gasteiger partial charge in [0.15, 0.2) is 0 Å². The third kappa shape index (κ3) is 2.95. The molecule has 4 heteroatoms. The van der Waals surface area contributed by atoms with Gasteiger partial charge < -0.3 is 15.0 Å². The molecule has 1 spiro atoms. The molecular formula is C17H23N2O2+. The summed E-state index contributed by atoms with van der Waals surface area (Å²) >= 11 is 0. The number of ether oxygens (including phenoxy) is 1. The summed E-state index contributed by atoms with van der Waals surface area (Å²) in [5.41, 5.74) is 2.73. The number of nitrogens with zero attached hydrogens (tertiary/aromatic N) is 1. The van der Waals surface area contributed by atoms with Crippen LogP contribution >= 0.6 is 0 Å². The minimum absolute atomic E-state index is 0.313. The predicted octanol–water partition coefficient (Wildman–Crippen LogP) is 1.18. The Hall–Kier alpha value is -1.81. The first-order valence-corrected chi connectivity index (χ1v) is 7.67. The van der Waals surface area contributed by atoms with Crippen molar-refractivity contribution in [3.63, 3.8) is 0 Å². The van der Waals surface area contributed by atoms with Crippen molar-refractivity contribution in [2.24, 2.45) is 0 Å². The maximum atomic E-state index is 11.3. The first-order valence-electron chi connectivity index (χ1n) is 7.67. The van der Waals surface area contributed by atoms with E-state index in [2.05, 4.69) is 33.2 Å². The van der Waals surface area contributed by atoms with Gasteiger partial charge in [-0.15, -0.1) is 0 Å².